The highest BCUT2D eigenvalue weighted by Crippen LogP contribution is 2.36. The van der Waals surface area contributed by atoms with Crippen molar-refractivity contribution in [1.29, 1.82) is 5.26 Å². The largest absolute Gasteiger partial charge is 0.338 e. The number of hydrogen-bond donors (Lipinski definition) is 1. The van der Waals surface area contributed by atoms with Crippen LogP contribution < -0.4 is 5.32 Å². The van der Waals surface area contributed by atoms with E-state index in [9.17, 15) is 4.79 Å². The first kappa shape index (κ1) is 16.2. The number of nitriles is 1. The van der Waals surface area contributed by atoms with Crippen LogP contribution in [0.15, 0.2) is 48.8 Å². The Kier molecular flexibility index (Phi) is 4.88. The first-order chi connectivity index (χ1) is 11.7. The number of amides is 1. The molecule has 2 aromatic rings. The van der Waals surface area contributed by atoms with Crippen LogP contribution in [0.5, 0.6) is 0 Å². The van der Waals surface area contributed by atoms with Crippen molar-refractivity contribution in [3.05, 3.63) is 65.5 Å². The van der Waals surface area contributed by atoms with Gasteiger partial charge in [0.1, 0.15) is 0 Å². The van der Waals surface area contributed by atoms with Crippen molar-refractivity contribution >= 4 is 5.91 Å². The second kappa shape index (κ2) is 7.24. The molecule has 1 aliphatic rings. The van der Waals surface area contributed by atoms with Crippen molar-refractivity contribution in [1.82, 2.24) is 15.2 Å². The molecule has 0 unspecified atom stereocenters. The fourth-order valence-corrected chi connectivity index (χ4v) is 3.34. The standard InChI is InChI=1S/C19H20N4O/c1-23-18(24)10-17(19(23)16-5-7-21-8-6-16)13-22-12-15-4-2-3-14(9-15)11-20/h2-9,17,19,22H,10,12-13H2,1H3/t17-,19-/m0/s1. The van der Waals surface area contributed by atoms with Gasteiger partial charge in [-0.05, 0) is 35.4 Å². The fraction of sp³-hybridized carbons (Fsp3) is 0.316. The van der Waals surface area contributed by atoms with E-state index >= 15 is 0 Å². The van der Waals surface area contributed by atoms with E-state index in [0.717, 1.165) is 17.7 Å². The minimum atomic E-state index is 0.0819. The molecule has 1 N–H and O–H groups in total. The maximum atomic E-state index is 12.1. The summed E-state index contributed by atoms with van der Waals surface area (Å²) in [7, 11) is 1.86. The molecule has 1 fully saturated rings. The number of aromatic nitrogens is 1. The smallest absolute Gasteiger partial charge is 0.223 e. The van der Waals surface area contributed by atoms with E-state index in [1.54, 1.807) is 18.5 Å². The first-order valence-electron chi connectivity index (χ1n) is 8.04. The summed E-state index contributed by atoms with van der Waals surface area (Å²) in [6, 6.07) is 13.8. The number of benzene rings is 1. The number of carbonyl (C=O) groups excluding carboxylic acids is 1. The Morgan fingerprint density at radius 2 is 2.12 bits per heavy atom. The summed E-state index contributed by atoms with van der Waals surface area (Å²) >= 11 is 0. The van der Waals surface area contributed by atoms with E-state index in [2.05, 4.69) is 16.4 Å². The summed E-state index contributed by atoms with van der Waals surface area (Å²) in [5.74, 6) is 0.402. The van der Waals surface area contributed by atoms with Gasteiger partial charge < -0.3 is 10.2 Å². The highest BCUT2D eigenvalue weighted by atomic mass is 16.2. The van der Waals surface area contributed by atoms with Crippen molar-refractivity contribution in [2.45, 2.75) is 19.0 Å². The summed E-state index contributed by atoms with van der Waals surface area (Å²) < 4.78 is 0. The van der Waals surface area contributed by atoms with Crippen LogP contribution in [0.25, 0.3) is 0 Å². The summed E-state index contributed by atoms with van der Waals surface area (Å²) in [4.78, 5) is 18.0. The Balaban J connectivity index is 1.65. The molecule has 2 heterocycles. The van der Waals surface area contributed by atoms with Gasteiger partial charge in [-0.1, -0.05) is 12.1 Å². The van der Waals surface area contributed by atoms with Crippen LogP contribution in [0.1, 0.15) is 29.2 Å². The Labute approximate surface area is 141 Å². The van der Waals surface area contributed by atoms with Gasteiger partial charge in [-0.3, -0.25) is 9.78 Å². The van der Waals surface area contributed by atoms with E-state index in [1.807, 2.05) is 42.3 Å². The third-order valence-corrected chi connectivity index (χ3v) is 4.53. The van der Waals surface area contributed by atoms with Gasteiger partial charge in [-0.25, -0.2) is 0 Å². The lowest BCUT2D eigenvalue weighted by molar-refractivity contribution is -0.127. The van der Waals surface area contributed by atoms with Crippen LogP contribution in [-0.4, -0.2) is 29.4 Å². The lowest BCUT2D eigenvalue weighted by Crippen LogP contribution is -2.29. The Hall–Kier alpha value is -2.71. The fourth-order valence-electron chi connectivity index (χ4n) is 3.34. The second-order valence-corrected chi connectivity index (χ2v) is 6.14. The number of nitrogens with zero attached hydrogens (tertiary/aromatic N) is 3. The molecule has 1 amide bonds. The third kappa shape index (κ3) is 3.44. The zero-order valence-corrected chi connectivity index (χ0v) is 13.6. The van der Waals surface area contributed by atoms with E-state index < -0.39 is 0 Å². The molecular weight excluding hydrogens is 300 g/mol. The van der Waals surface area contributed by atoms with Crippen molar-refractivity contribution in [2.75, 3.05) is 13.6 Å². The predicted molar refractivity (Wildman–Crippen MR) is 90.7 cm³/mol. The van der Waals surface area contributed by atoms with Crippen LogP contribution in [0.4, 0.5) is 0 Å². The van der Waals surface area contributed by atoms with E-state index in [1.165, 1.54) is 0 Å². The zero-order chi connectivity index (χ0) is 16.9. The molecule has 1 aromatic carbocycles. The molecule has 1 aliphatic heterocycles. The normalized spacial score (nSPS) is 20.2. The highest BCUT2D eigenvalue weighted by molar-refractivity contribution is 5.79. The molecule has 122 valence electrons. The van der Waals surface area contributed by atoms with Crippen LogP contribution in [0.2, 0.25) is 0 Å². The molecule has 0 aliphatic carbocycles. The maximum absolute atomic E-state index is 12.1. The predicted octanol–water partition coefficient (Wildman–Crippen LogP) is 2.26. The van der Waals surface area contributed by atoms with Gasteiger partial charge in [0.05, 0.1) is 17.7 Å². The number of hydrogen-bond acceptors (Lipinski definition) is 4. The average Bonchev–Trinajstić information content (AvgIpc) is 2.90. The summed E-state index contributed by atoms with van der Waals surface area (Å²) in [6.07, 6.45) is 4.09. The molecule has 5 nitrogen and oxygen atoms in total. The van der Waals surface area contributed by atoms with Gasteiger partial charge in [0, 0.05) is 44.9 Å². The number of likely N-dealkylation sites (tertiary alicyclic amines) is 1. The topological polar surface area (TPSA) is 69.0 Å². The molecule has 3 rings (SSSR count). The zero-order valence-electron chi connectivity index (χ0n) is 13.6. The number of nitrogens with one attached hydrogen (secondary N) is 1. The van der Waals surface area contributed by atoms with Crippen molar-refractivity contribution < 1.29 is 4.79 Å². The number of rotatable bonds is 5. The Morgan fingerprint density at radius 3 is 2.88 bits per heavy atom. The van der Waals surface area contributed by atoms with E-state index in [-0.39, 0.29) is 17.9 Å². The van der Waals surface area contributed by atoms with Crippen molar-refractivity contribution in [2.24, 2.45) is 5.92 Å². The SMILES string of the molecule is CN1C(=O)C[C@@H](CNCc2cccc(C#N)c2)[C@@H]1c1ccncc1. The second-order valence-electron chi connectivity index (χ2n) is 6.14. The molecule has 1 saturated heterocycles. The van der Waals surface area contributed by atoms with Crippen LogP contribution in [0, 0.1) is 17.2 Å². The van der Waals surface area contributed by atoms with Gasteiger partial charge in [-0.15, -0.1) is 0 Å². The monoisotopic (exact) mass is 320 g/mol. The molecule has 0 spiro atoms. The molecule has 0 saturated carbocycles. The summed E-state index contributed by atoms with van der Waals surface area (Å²) in [5.41, 5.74) is 2.86. The average molecular weight is 320 g/mol. The quantitative estimate of drug-likeness (QED) is 0.917. The number of pyridine rings is 1. The molecule has 1 aromatic heterocycles. The van der Waals surface area contributed by atoms with Gasteiger partial charge in [0.15, 0.2) is 0 Å². The molecule has 5 heteroatoms. The third-order valence-electron chi connectivity index (χ3n) is 4.53. The van der Waals surface area contributed by atoms with Gasteiger partial charge in [0.2, 0.25) is 5.91 Å². The Bertz CT molecular complexity index is 753. The van der Waals surface area contributed by atoms with Gasteiger partial charge in [0.25, 0.3) is 0 Å². The Morgan fingerprint density at radius 1 is 1.33 bits per heavy atom. The molecular formula is C19H20N4O. The van der Waals surface area contributed by atoms with E-state index in [4.69, 9.17) is 5.26 Å². The lowest BCUT2D eigenvalue weighted by Gasteiger charge is -2.25. The minimum Gasteiger partial charge on any atom is -0.338 e. The van der Waals surface area contributed by atoms with Crippen LogP contribution >= 0.6 is 0 Å². The highest BCUT2D eigenvalue weighted by Gasteiger charge is 2.37. The minimum absolute atomic E-state index is 0.0819. The van der Waals surface area contributed by atoms with Crippen molar-refractivity contribution in [3.63, 3.8) is 0 Å². The van der Waals surface area contributed by atoms with E-state index in [0.29, 0.717) is 18.5 Å². The molecule has 2 atom stereocenters. The van der Waals surface area contributed by atoms with Crippen LogP contribution in [0.3, 0.4) is 0 Å². The summed E-state index contributed by atoms with van der Waals surface area (Å²) in [5, 5.41) is 12.4. The molecule has 24 heavy (non-hydrogen) atoms. The molecule has 0 bridgehead atoms. The first-order valence-corrected chi connectivity index (χ1v) is 8.04. The molecule has 0 radical (unpaired) electrons. The lowest BCUT2D eigenvalue weighted by atomic mass is 9.94. The van der Waals surface area contributed by atoms with Gasteiger partial charge in [-0.2, -0.15) is 5.26 Å². The van der Waals surface area contributed by atoms with Crippen LogP contribution in [-0.2, 0) is 11.3 Å². The van der Waals surface area contributed by atoms with Crippen molar-refractivity contribution in [3.8, 4) is 6.07 Å². The van der Waals surface area contributed by atoms with Gasteiger partial charge >= 0.3 is 0 Å². The maximum Gasteiger partial charge on any atom is 0.223 e. The summed E-state index contributed by atoms with van der Waals surface area (Å²) in [6.45, 7) is 1.44. The number of carbonyl (C=O) groups is 1.